The lowest BCUT2D eigenvalue weighted by Crippen LogP contribution is -2.39. The summed E-state index contributed by atoms with van der Waals surface area (Å²) in [6.45, 7) is 4.38. The van der Waals surface area contributed by atoms with Crippen LogP contribution in [0.15, 0.2) is 0 Å². The molecule has 1 N–H and O–H groups in total. The number of carbonyl (C=O) groups is 2. The molecule has 1 amide bonds. The third-order valence-corrected chi connectivity index (χ3v) is 3.45. The molecule has 4 heteroatoms. The number of amides is 1. The quantitative estimate of drug-likeness (QED) is 0.793. The highest BCUT2D eigenvalue weighted by atomic mass is 16.4. The Labute approximate surface area is 109 Å². The van der Waals surface area contributed by atoms with E-state index in [1.54, 1.807) is 0 Å². The van der Waals surface area contributed by atoms with Gasteiger partial charge in [0.15, 0.2) is 0 Å². The van der Waals surface area contributed by atoms with E-state index in [4.69, 9.17) is 5.11 Å². The topological polar surface area (TPSA) is 57.6 Å². The smallest absolute Gasteiger partial charge is 0.323 e. The van der Waals surface area contributed by atoms with Crippen LogP contribution >= 0.6 is 0 Å². The minimum atomic E-state index is -0.923. The lowest BCUT2D eigenvalue weighted by atomic mass is 9.86. The molecule has 18 heavy (non-hydrogen) atoms. The molecule has 4 nitrogen and oxygen atoms in total. The number of nitrogens with zero attached hydrogens (tertiary/aromatic N) is 1. The number of aliphatic carboxylic acids is 1. The van der Waals surface area contributed by atoms with Crippen LogP contribution in [-0.2, 0) is 9.59 Å². The molecule has 0 aromatic rings. The summed E-state index contributed by atoms with van der Waals surface area (Å²) < 4.78 is 0. The molecule has 0 aromatic carbocycles. The number of carboxylic acids is 1. The first kappa shape index (κ1) is 15.0. The van der Waals surface area contributed by atoms with Gasteiger partial charge >= 0.3 is 5.97 Å². The number of carboxylic acid groups (broad SMARTS) is 1. The summed E-state index contributed by atoms with van der Waals surface area (Å²) in [5.74, 6) is -0.139. The Bertz CT molecular complexity index is 283. The molecule has 0 atom stereocenters. The van der Waals surface area contributed by atoms with Gasteiger partial charge in [-0.3, -0.25) is 9.59 Å². The molecule has 0 radical (unpaired) electrons. The van der Waals surface area contributed by atoms with Gasteiger partial charge in [-0.2, -0.15) is 0 Å². The van der Waals surface area contributed by atoms with Crippen LogP contribution < -0.4 is 0 Å². The first-order valence-corrected chi connectivity index (χ1v) is 6.98. The molecule has 0 bridgehead atoms. The SMILES string of the molecule is CC(C)CN(CC(=O)O)C(=O)CC1CCCCC1. The van der Waals surface area contributed by atoms with Crippen molar-refractivity contribution in [3.63, 3.8) is 0 Å². The highest BCUT2D eigenvalue weighted by Gasteiger charge is 2.22. The van der Waals surface area contributed by atoms with Gasteiger partial charge in [-0.05, 0) is 24.7 Å². The summed E-state index contributed by atoms with van der Waals surface area (Å²) in [6.07, 6.45) is 6.46. The van der Waals surface area contributed by atoms with Crippen LogP contribution in [0.1, 0.15) is 52.4 Å². The van der Waals surface area contributed by atoms with E-state index in [0.717, 1.165) is 12.8 Å². The molecule has 0 heterocycles. The molecule has 0 unspecified atom stereocenters. The third-order valence-electron chi connectivity index (χ3n) is 3.45. The Kier molecular flexibility index (Phi) is 6.16. The second-order valence-electron chi connectivity index (χ2n) is 5.77. The van der Waals surface area contributed by atoms with Gasteiger partial charge in [-0.25, -0.2) is 0 Å². The fraction of sp³-hybridized carbons (Fsp3) is 0.857. The van der Waals surface area contributed by atoms with Crippen molar-refractivity contribution in [2.24, 2.45) is 11.8 Å². The van der Waals surface area contributed by atoms with Crippen molar-refractivity contribution in [2.75, 3.05) is 13.1 Å². The minimum Gasteiger partial charge on any atom is -0.480 e. The van der Waals surface area contributed by atoms with Crippen molar-refractivity contribution in [1.82, 2.24) is 4.90 Å². The molecule has 0 saturated heterocycles. The second kappa shape index (κ2) is 7.39. The van der Waals surface area contributed by atoms with E-state index in [9.17, 15) is 9.59 Å². The van der Waals surface area contributed by atoms with Crippen LogP contribution in [-0.4, -0.2) is 35.0 Å². The van der Waals surface area contributed by atoms with Gasteiger partial charge in [-0.15, -0.1) is 0 Å². The van der Waals surface area contributed by atoms with Gasteiger partial charge in [0, 0.05) is 13.0 Å². The van der Waals surface area contributed by atoms with E-state index in [1.807, 2.05) is 13.8 Å². The Balaban J connectivity index is 2.48. The minimum absolute atomic E-state index is 0.0120. The van der Waals surface area contributed by atoms with Crippen molar-refractivity contribution in [1.29, 1.82) is 0 Å². The maximum absolute atomic E-state index is 12.1. The Morgan fingerprint density at radius 2 is 1.83 bits per heavy atom. The van der Waals surface area contributed by atoms with E-state index < -0.39 is 5.97 Å². The maximum Gasteiger partial charge on any atom is 0.323 e. The zero-order valence-electron chi connectivity index (χ0n) is 11.5. The third kappa shape index (κ3) is 5.52. The predicted molar refractivity (Wildman–Crippen MR) is 70.2 cm³/mol. The highest BCUT2D eigenvalue weighted by Crippen LogP contribution is 2.26. The predicted octanol–water partition coefficient (Wildman–Crippen LogP) is 2.53. The first-order chi connectivity index (χ1) is 8.49. The van der Waals surface area contributed by atoms with E-state index in [1.165, 1.54) is 24.2 Å². The van der Waals surface area contributed by atoms with Gasteiger partial charge in [-0.1, -0.05) is 33.1 Å². The molecular formula is C14H25NO3. The van der Waals surface area contributed by atoms with Gasteiger partial charge in [0.1, 0.15) is 6.54 Å². The fourth-order valence-corrected chi connectivity index (χ4v) is 2.63. The van der Waals surface area contributed by atoms with E-state index in [-0.39, 0.29) is 12.5 Å². The zero-order chi connectivity index (χ0) is 13.5. The maximum atomic E-state index is 12.1. The monoisotopic (exact) mass is 255 g/mol. The molecule has 1 fully saturated rings. The molecule has 104 valence electrons. The molecule has 1 saturated carbocycles. The Hall–Kier alpha value is -1.06. The molecule has 0 spiro atoms. The molecule has 0 aromatic heterocycles. The fourth-order valence-electron chi connectivity index (χ4n) is 2.63. The van der Waals surface area contributed by atoms with Crippen molar-refractivity contribution in [3.8, 4) is 0 Å². The zero-order valence-corrected chi connectivity index (χ0v) is 11.5. The van der Waals surface area contributed by atoms with Crippen LogP contribution in [0.4, 0.5) is 0 Å². The van der Waals surface area contributed by atoms with E-state index in [2.05, 4.69) is 0 Å². The number of carbonyl (C=O) groups excluding carboxylic acids is 1. The van der Waals surface area contributed by atoms with E-state index in [0.29, 0.717) is 24.8 Å². The van der Waals surface area contributed by atoms with Crippen LogP contribution in [0.25, 0.3) is 0 Å². The first-order valence-electron chi connectivity index (χ1n) is 6.98. The molecule has 0 aliphatic heterocycles. The summed E-state index contributed by atoms with van der Waals surface area (Å²) in [4.78, 5) is 24.4. The summed E-state index contributed by atoms with van der Waals surface area (Å²) in [6, 6.07) is 0. The summed E-state index contributed by atoms with van der Waals surface area (Å²) in [7, 11) is 0. The second-order valence-corrected chi connectivity index (χ2v) is 5.77. The molecular weight excluding hydrogens is 230 g/mol. The molecule has 1 aliphatic rings. The lowest BCUT2D eigenvalue weighted by Gasteiger charge is -2.27. The van der Waals surface area contributed by atoms with Crippen LogP contribution in [0.2, 0.25) is 0 Å². The molecule has 1 aliphatic carbocycles. The number of hydrogen-bond acceptors (Lipinski definition) is 2. The van der Waals surface area contributed by atoms with Crippen LogP contribution in [0, 0.1) is 11.8 Å². The standard InChI is InChI=1S/C14H25NO3/c1-11(2)9-15(10-14(17)18)13(16)8-12-6-4-3-5-7-12/h11-12H,3-10H2,1-2H3,(H,17,18). The summed E-state index contributed by atoms with van der Waals surface area (Å²) >= 11 is 0. The Morgan fingerprint density at radius 3 is 2.33 bits per heavy atom. The van der Waals surface area contributed by atoms with Crippen molar-refractivity contribution < 1.29 is 14.7 Å². The number of hydrogen-bond donors (Lipinski definition) is 1. The van der Waals surface area contributed by atoms with Gasteiger partial charge in [0.05, 0.1) is 0 Å². The Morgan fingerprint density at radius 1 is 1.22 bits per heavy atom. The average molecular weight is 255 g/mol. The van der Waals surface area contributed by atoms with Gasteiger partial charge in [0.2, 0.25) is 5.91 Å². The summed E-state index contributed by atoms with van der Waals surface area (Å²) in [5, 5.41) is 8.86. The highest BCUT2D eigenvalue weighted by molar-refractivity contribution is 5.81. The van der Waals surface area contributed by atoms with Crippen molar-refractivity contribution in [2.45, 2.75) is 52.4 Å². The molecule has 1 rings (SSSR count). The summed E-state index contributed by atoms with van der Waals surface area (Å²) in [5.41, 5.74) is 0. The largest absolute Gasteiger partial charge is 0.480 e. The average Bonchev–Trinajstić information content (AvgIpc) is 2.28. The van der Waals surface area contributed by atoms with Crippen molar-refractivity contribution >= 4 is 11.9 Å². The van der Waals surface area contributed by atoms with Gasteiger partial charge in [0.25, 0.3) is 0 Å². The van der Waals surface area contributed by atoms with Crippen LogP contribution in [0.3, 0.4) is 0 Å². The van der Waals surface area contributed by atoms with Gasteiger partial charge < -0.3 is 10.0 Å². The number of rotatable bonds is 6. The normalized spacial score (nSPS) is 16.8. The van der Waals surface area contributed by atoms with Crippen molar-refractivity contribution in [3.05, 3.63) is 0 Å². The van der Waals surface area contributed by atoms with Crippen LogP contribution in [0.5, 0.6) is 0 Å². The van der Waals surface area contributed by atoms with E-state index >= 15 is 0 Å². The lowest BCUT2D eigenvalue weighted by molar-refractivity contribution is -0.145.